The minimum atomic E-state index is 1.64. The lowest BCUT2D eigenvalue weighted by atomic mass is 10.7. The Morgan fingerprint density at radius 3 is 2.50 bits per heavy atom. The quantitative estimate of drug-likeness (QED) is 0.478. The van der Waals surface area contributed by atoms with Gasteiger partial charge in [0.2, 0.25) is 0 Å². The van der Waals surface area contributed by atoms with Gasteiger partial charge in [-0.1, -0.05) is 6.08 Å². The molecule has 2 nitrogen and oxygen atoms in total. The Bertz CT molecular complexity index is 97.7. The topological polar surface area (TPSA) is 24.7 Å². The van der Waals surface area contributed by atoms with E-state index in [4.69, 9.17) is 0 Å². The Morgan fingerprint density at radius 2 is 2.00 bits per heavy atom. The molecule has 0 N–H and O–H groups in total. The van der Waals surface area contributed by atoms with Crippen LogP contribution in [0.4, 0.5) is 0 Å². The van der Waals surface area contributed by atoms with Crippen LogP contribution in [0.1, 0.15) is 6.92 Å². The third-order valence-corrected chi connectivity index (χ3v) is 0.537. The fourth-order valence-electron chi connectivity index (χ4n) is 0.241. The molecule has 0 rings (SSSR count). The second kappa shape index (κ2) is 6.08. The number of hydrogen-bond acceptors (Lipinski definition) is 2. The summed E-state index contributed by atoms with van der Waals surface area (Å²) in [6.45, 7) is 1.92. The van der Waals surface area contributed by atoms with Crippen molar-refractivity contribution in [1.82, 2.24) is 0 Å². The molecule has 0 atom stereocenters. The van der Waals surface area contributed by atoms with E-state index in [1.807, 2.05) is 13.0 Å². The van der Waals surface area contributed by atoms with E-state index < -0.39 is 0 Å². The van der Waals surface area contributed by atoms with E-state index in [0.29, 0.717) is 0 Å². The van der Waals surface area contributed by atoms with Gasteiger partial charge in [-0.25, -0.2) is 0 Å². The molecule has 0 saturated carbocycles. The van der Waals surface area contributed by atoms with E-state index >= 15 is 0 Å². The van der Waals surface area contributed by atoms with Crippen molar-refractivity contribution in [2.75, 3.05) is 7.05 Å². The van der Waals surface area contributed by atoms with Crippen LogP contribution in [0, 0.1) is 0 Å². The number of rotatable bonds is 2. The maximum atomic E-state index is 3.82. The zero-order chi connectivity index (χ0) is 6.24. The molecule has 0 aromatic heterocycles. The van der Waals surface area contributed by atoms with Crippen molar-refractivity contribution >= 4 is 12.4 Å². The van der Waals surface area contributed by atoms with Crippen LogP contribution in [0.25, 0.3) is 0 Å². The van der Waals surface area contributed by atoms with Crippen LogP contribution in [-0.2, 0) is 0 Å². The maximum Gasteiger partial charge on any atom is 0.0446 e. The summed E-state index contributed by atoms with van der Waals surface area (Å²) in [5, 5.41) is 0. The molecule has 0 saturated heterocycles. The lowest BCUT2D eigenvalue weighted by molar-refractivity contribution is 1.48. The molecular formula is C6H10N2. The van der Waals surface area contributed by atoms with E-state index in [2.05, 4.69) is 9.98 Å². The summed E-state index contributed by atoms with van der Waals surface area (Å²) in [5.74, 6) is 0. The van der Waals surface area contributed by atoms with Crippen LogP contribution in [0.3, 0.4) is 0 Å². The van der Waals surface area contributed by atoms with Crippen LogP contribution in [-0.4, -0.2) is 19.5 Å². The summed E-state index contributed by atoms with van der Waals surface area (Å²) in [4.78, 5) is 7.52. The van der Waals surface area contributed by atoms with E-state index in [9.17, 15) is 0 Å². The first-order chi connectivity index (χ1) is 3.91. The fraction of sp³-hybridized carbons (Fsp3) is 0.333. The predicted molar refractivity (Wildman–Crippen MR) is 37.7 cm³/mol. The van der Waals surface area contributed by atoms with Crippen LogP contribution in [0.15, 0.2) is 22.3 Å². The Hall–Kier alpha value is -0.920. The molecule has 2 heteroatoms. The van der Waals surface area contributed by atoms with Gasteiger partial charge in [-0.2, -0.15) is 0 Å². The Balaban J connectivity index is 3.35. The Kier molecular flexibility index (Phi) is 5.38. The second-order valence-corrected chi connectivity index (χ2v) is 1.19. The second-order valence-electron chi connectivity index (χ2n) is 1.19. The zero-order valence-corrected chi connectivity index (χ0v) is 5.20. The number of nitrogens with zero attached hydrogens (tertiary/aromatic N) is 2. The molecule has 0 aliphatic carbocycles. The third-order valence-electron chi connectivity index (χ3n) is 0.537. The van der Waals surface area contributed by atoms with Gasteiger partial charge < -0.3 is 0 Å². The van der Waals surface area contributed by atoms with E-state index in [0.717, 1.165) is 0 Å². The van der Waals surface area contributed by atoms with Crippen LogP contribution in [0.2, 0.25) is 0 Å². The number of hydrogen-bond donors (Lipinski definition) is 0. The molecule has 0 bridgehead atoms. The van der Waals surface area contributed by atoms with Gasteiger partial charge in [-0.05, 0) is 6.92 Å². The summed E-state index contributed by atoms with van der Waals surface area (Å²) in [6, 6.07) is 0. The highest BCUT2D eigenvalue weighted by molar-refractivity contribution is 6.16. The van der Waals surface area contributed by atoms with Crippen molar-refractivity contribution in [2.45, 2.75) is 6.92 Å². The molecule has 0 amide bonds. The number of aliphatic imine (C=N–C) groups is 2. The summed E-state index contributed by atoms with van der Waals surface area (Å²) in [7, 11) is 1.71. The molecule has 0 fully saturated rings. The van der Waals surface area contributed by atoms with Crippen LogP contribution < -0.4 is 0 Å². The molecule has 0 aromatic rings. The summed E-state index contributed by atoms with van der Waals surface area (Å²) < 4.78 is 0. The average molecular weight is 110 g/mol. The smallest absolute Gasteiger partial charge is 0.0446 e. The molecule has 0 heterocycles. The number of allylic oxidation sites excluding steroid dienone is 1. The molecule has 0 unspecified atom stereocenters. The van der Waals surface area contributed by atoms with Crippen LogP contribution >= 0.6 is 0 Å². The van der Waals surface area contributed by atoms with Crippen molar-refractivity contribution in [3.8, 4) is 0 Å². The molecule has 0 aromatic carbocycles. The Morgan fingerprint density at radius 1 is 1.25 bits per heavy atom. The molecule has 44 valence electrons. The predicted octanol–water partition coefficient (Wildman–Crippen LogP) is 1.29. The SMILES string of the molecule is C/C=C\N=CC=NC. The minimum absolute atomic E-state index is 1.64. The normalized spacial score (nSPS) is 12.8. The minimum Gasteiger partial charge on any atom is -0.295 e. The zero-order valence-electron chi connectivity index (χ0n) is 5.20. The van der Waals surface area contributed by atoms with Crippen molar-refractivity contribution in [3.63, 3.8) is 0 Å². The first kappa shape index (κ1) is 7.08. The van der Waals surface area contributed by atoms with Crippen molar-refractivity contribution in [3.05, 3.63) is 12.3 Å². The van der Waals surface area contributed by atoms with Gasteiger partial charge in [0.1, 0.15) is 0 Å². The highest BCUT2D eigenvalue weighted by Gasteiger charge is 1.56. The summed E-state index contributed by atoms with van der Waals surface area (Å²) in [6.07, 6.45) is 6.85. The first-order valence-corrected chi connectivity index (χ1v) is 2.47. The lowest BCUT2D eigenvalue weighted by Crippen LogP contribution is -1.69. The van der Waals surface area contributed by atoms with Crippen molar-refractivity contribution < 1.29 is 0 Å². The molecule has 0 radical (unpaired) electrons. The van der Waals surface area contributed by atoms with E-state index in [1.54, 1.807) is 25.7 Å². The van der Waals surface area contributed by atoms with Gasteiger partial charge in [-0.15, -0.1) is 0 Å². The molecule has 8 heavy (non-hydrogen) atoms. The lowest BCUT2D eigenvalue weighted by Gasteiger charge is -1.69. The largest absolute Gasteiger partial charge is 0.295 e. The van der Waals surface area contributed by atoms with Gasteiger partial charge in [0.05, 0.1) is 0 Å². The average Bonchev–Trinajstić information content (AvgIpc) is 1.81. The highest BCUT2D eigenvalue weighted by atomic mass is 14.7. The van der Waals surface area contributed by atoms with E-state index in [-0.39, 0.29) is 0 Å². The monoisotopic (exact) mass is 110 g/mol. The third kappa shape index (κ3) is 5.08. The maximum absolute atomic E-state index is 3.82. The molecule has 0 aliphatic heterocycles. The summed E-state index contributed by atoms with van der Waals surface area (Å²) in [5.41, 5.74) is 0. The van der Waals surface area contributed by atoms with Crippen molar-refractivity contribution in [2.24, 2.45) is 9.98 Å². The summed E-state index contributed by atoms with van der Waals surface area (Å²) >= 11 is 0. The van der Waals surface area contributed by atoms with Crippen LogP contribution in [0.5, 0.6) is 0 Å². The van der Waals surface area contributed by atoms with Gasteiger partial charge in [-0.3, -0.25) is 9.98 Å². The van der Waals surface area contributed by atoms with Gasteiger partial charge in [0.25, 0.3) is 0 Å². The molecule has 0 aliphatic rings. The molecule has 0 spiro atoms. The fourth-order valence-corrected chi connectivity index (χ4v) is 0.241. The standard InChI is InChI=1S/C6H10N2/c1-3-4-8-6-5-7-2/h3-6H,1-2H3/b4-3-,7-5?,8-6?. The molecular weight excluding hydrogens is 100 g/mol. The van der Waals surface area contributed by atoms with E-state index in [1.165, 1.54) is 0 Å². The van der Waals surface area contributed by atoms with Gasteiger partial charge in [0.15, 0.2) is 0 Å². The van der Waals surface area contributed by atoms with Gasteiger partial charge >= 0.3 is 0 Å². The Labute approximate surface area is 49.7 Å². The first-order valence-electron chi connectivity index (χ1n) is 2.47. The highest BCUT2D eigenvalue weighted by Crippen LogP contribution is 1.67. The van der Waals surface area contributed by atoms with Gasteiger partial charge in [0, 0.05) is 25.7 Å². The van der Waals surface area contributed by atoms with Crippen molar-refractivity contribution in [1.29, 1.82) is 0 Å².